The molecule has 0 spiro atoms. The number of aromatic nitrogens is 3. The van der Waals surface area contributed by atoms with Gasteiger partial charge in [-0.15, -0.1) is 21.8 Å². The molecule has 0 aliphatic carbocycles. The Morgan fingerprint density at radius 3 is 2.32 bits per heavy atom. The molecule has 0 fully saturated rings. The summed E-state index contributed by atoms with van der Waals surface area (Å²) in [6, 6.07) is 8.37. The van der Waals surface area contributed by atoms with Crippen LogP contribution in [0, 0.1) is 6.92 Å². The summed E-state index contributed by atoms with van der Waals surface area (Å²) in [5.41, 5.74) is 2.49. The molecule has 0 radical (unpaired) electrons. The zero-order valence-electron chi connectivity index (χ0n) is 11.9. The van der Waals surface area contributed by atoms with Gasteiger partial charge in [-0.2, -0.15) is 0 Å². The van der Waals surface area contributed by atoms with E-state index in [2.05, 4.69) is 66.7 Å². The van der Waals surface area contributed by atoms with Gasteiger partial charge in [0.25, 0.3) is 0 Å². The third-order valence-electron chi connectivity index (χ3n) is 3.20. The predicted octanol–water partition coefficient (Wildman–Crippen LogP) is 3.67. The molecular formula is C15H20ClN3. The number of hydrogen-bond acceptors (Lipinski definition) is 2. The summed E-state index contributed by atoms with van der Waals surface area (Å²) in [5, 5.41) is 8.53. The number of hydrogen-bond donors (Lipinski definition) is 0. The number of aryl methyl sites for hydroxylation is 1. The lowest BCUT2D eigenvalue weighted by molar-refractivity contribution is 0.375. The first-order valence-electron chi connectivity index (χ1n) is 6.47. The molecule has 0 saturated carbocycles. The van der Waals surface area contributed by atoms with Gasteiger partial charge in [-0.25, -0.2) is 0 Å². The number of rotatable bonds is 3. The maximum Gasteiger partial charge on any atom is 0.148 e. The SMILES string of the molecule is Cc1ccccc1Cc1nnc(CCl)n1C(C)(C)C. The molecule has 19 heavy (non-hydrogen) atoms. The van der Waals surface area contributed by atoms with Gasteiger partial charge >= 0.3 is 0 Å². The second kappa shape index (κ2) is 5.33. The summed E-state index contributed by atoms with van der Waals surface area (Å²) in [6.45, 7) is 8.56. The fraction of sp³-hybridized carbons (Fsp3) is 0.467. The van der Waals surface area contributed by atoms with E-state index >= 15 is 0 Å². The van der Waals surface area contributed by atoms with Crippen LogP contribution in [0.25, 0.3) is 0 Å². The van der Waals surface area contributed by atoms with Crippen molar-refractivity contribution in [1.29, 1.82) is 0 Å². The number of alkyl halides is 1. The summed E-state index contributed by atoms with van der Waals surface area (Å²) >= 11 is 5.96. The largest absolute Gasteiger partial charge is 0.308 e. The summed E-state index contributed by atoms with van der Waals surface area (Å²) in [6.07, 6.45) is 0.786. The molecule has 0 N–H and O–H groups in total. The van der Waals surface area contributed by atoms with Crippen LogP contribution in [-0.4, -0.2) is 14.8 Å². The lowest BCUT2D eigenvalue weighted by Gasteiger charge is -2.24. The maximum atomic E-state index is 5.96. The number of benzene rings is 1. The van der Waals surface area contributed by atoms with Crippen LogP contribution in [0.15, 0.2) is 24.3 Å². The Balaban J connectivity index is 2.42. The first kappa shape index (κ1) is 14.1. The normalized spacial score (nSPS) is 11.8. The summed E-state index contributed by atoms with van der Waals surface area (Å²) in [7, 11) is 0. The van der Waals surface area contributed by atoms with Crippen LogP contribution in [-0.2, 0) is 17.8 Å². The van der Waals surface area contributed by atoms with Gasteiger partial charge in [0.05, 0.1) is 5.88 Å². The van der Waals surface area contributed by atoms with E-state index in [0.29, 0.717) is 5.88 Å². The first-order chi connectivity index (χ1) is 8.93. The van der Waals surface area contributed by atoms with Crippen LogP contribution in [0.3, 0.4) is 0 Å². The van der Waals surface area contributed by atoms with Crippen molar-refractivity contribution in [1.82, 2.24) is 14.8 Å². The fourth-order valence-corrected chi connectivity index (χ4v) is 2.48. The van der Waals surface area contributed by atoms with Crippen molar-refractivity contribution in [3.63, 3.8) is 0 Å². The highest BCUT2D eigenvalue weighted by Crippen LogP contribution is 2.22. The van der Waals surface area contributed by atoms with E-state index in [9.17, 15) is 0 Å². The minimum Gasteiger partial charge on any atom is -0.308 e. The lowest BCUT2D eigenvalue weighted by atomic mass is 10.0. The number of nitrogens with zero attached hydrogens (tertiary/aromatic N) is 3. The molecule has 4 heteroatoms. The average molecular weight is 278 g/mol. The molecule has 1 aromatic heterocycles. The van der Waals surface area contributed by atoms with E-state index in [1.165, 1.54) is 11.1 Å². The Morgan fingerprint density at radius 2 is 1.74 bits per heavy atom. The Bertz CT molecular complexity index is 567. The summed E-state index contributed by atoms with van der Waals surface area (Å²) < 4.78 is 2.15. The van der Waals surface area contributed by atoms with Gasteiger partial charge in [0.15, 0.2) is 0 Å². The topological polar surface area (TPSA) is 30.7 Å². The van der Waals surface area contributed by atoms with Crippen molar-refractivity contribution in [3.8, 4) is 0 Å². The quantitative estimate of drug-likeness (QED) is 0.802. The van der Waals surface area contributed by atoms with Crippen LogP contribution >= 0.6 is 11.6 Å². The van der Waals surface area contributed by atoms with Gasteiger partial charge in [-0.1, -0.05) is 24.3 Å². The fourth-order valence-electron chi connectivity index (χ4n) is 2.31. The molecule has 1 heterocycles. The molecule has 0 aliphatic heterocycles. The molecule has 2 aromatic rings. The highest BCUT2D eigenvalue weighted by Gasteiger charge is 2.22. The minimum absolute atomic E-state index is 0.0637. The van der Waals surface area contributed by atoms with Crippen molar-refractivity contribution in [3.05, 3.63) is 47.0 Å². The number of halogens is 1. The molecule has 0 saturated heterocycles. The van der Waals surface area contributed by atoms with Gasteiger partial charge in [-0.3, -0.25) is 0 Å². The standard InChI is InChI=1S/C15H20ClN3/c1-11-7-5-6-8-12(11)9-13-17-18-14(10-16)19(13)15(2,3)4/h5-8H,9-10H2,1-4H3. The van der Waals surface area contributed by atoms with Crippen molar-refractivity contribution < 1.29 is 0 Å². The molecule has 0 aliphatic rings. The van der Waals surface area contributed by atoms with E-state index in [4.69, 9.17) is 11.6 Å². The van der Waals surface area contributed by atoms with Crippen LogP contribution < -0.4 is 0 Å². The van der Waals surface area contributed by atoms with Crippen molar-refractivity contribution in [2.45, 2.75) is 45.5 Å². The zero-order valence-corrected chi connectivity index (χ0v) is 12.7. The summed E-state index contributed by atoms with van der Waals surface area (Å²) in [5.74, 6) is 2.19. The second-order valence-electron chi connectivity index (χ2n) is 5.78. The van der Waals surface area contributed by atoms with Gasteiger partial charge in [0, 0.05) is 12.0 Å². The van der Waals surface area contributed by atoms with Crippen molar-refractivity contribution in [2.75, 3.05) is 0 Å². The van der Waals surface area contributed by atoms with E-state index in [1.54, 1.807) is 0 Å². The predicted molar refractivity (Wildman–Crippen MR) is 78.6 cm³/mol. The minimum atomic E-state index is -0.0637. The van der Waals surface area contributed by atoms with Gasteiger partial charge in [-0.05, 0) is 38.8 Å². The van der Waals surface area contributed by atoms with Gasteiger partial charge in [0.2, 0.25) is 0 Å². The zero-order chi connectivity index (χ0) is 14.0. The molecule has 0 bridgehead atoms. The van der Waals surface area contributed by atoms with Crippen molar-refractivity contribution >= 4 is 11.6 Å². The Kier molecular flexibility index (Phi) is 3.95. The second-order valence-corrected chi connectivity index (χ2v) is 6.04. The first-order valence-corrected chi connectivity index (χ1v) is 7.01. The van der Waals surface area contributed by atoms with E-state index < -0.39 is 0 Å². The summed E-state index contributed by atoms with van der Waals surface area (Å²) in [4.78, 5) is 0. The monoisotopic (exact) mass is 277 g/mol. The molecular weight excluding hydrogens is 258 g/mol. The Morgan fingerprint density at radius 1 is 1.11 bits per heavy atom. The van der Waals surface area contributed by atoms with Gasteiger partial charge < -0.3 is 4.57 Å². The van der Waals surface area contributed by atoms with Crippen LogP contribution in [0.2, 0.25) is 0 Å². The highest BCUT2D eigenvalue weighted by molar-refractivity contribution is 6.16. The Hall–Kier alpha value is -1.35. The van der Waals surface area contributed by atoms with Crippen molar-refractivity contribution in [2.24, 2.45) is 0 Å². The lowest BCUT2D eigenvalue weighted by Crippen LogP contribution is -2.26. The molecule has 2 rings (SSSR count). The molecule has 0 amide bonds. The third kappa shape index (κ3) is 2.98. The van der Waals surface area contributed by atoms with Crippen LogP contribution in [0.1, 0.15) is 43.5 Å². The van der Waals surface area contributed by atoms with E-state index in [0.717, 1.165) is 18.1 Å². The molecule has 102 valence electrons. The van der Waals surface area contributed by atoms with Gasteiger partial charge in [0.1, 0.15) is 11.6 Å². The van der Waals surface area contributed by atoms with E-state index in [1.807, 2.05) is 0 Å². The maximum absolute atomic E-state index is 5.96. The highest BCUT2D eigenvalue weighted by atomic mass is 35.5. The molecule has 1 aromatic carbocycles. The third-order valence-corrected chi connectivity index (χ3v) is 3.44. The van der Waals surface area contributed by atoms with Crippen LogP contribution in [0.5, 0.6) is 0 Å². The Labute approximate surface area is 119 Å². The molecule has 0 unspecified atom stereocenters. The molecule has 3 nitrogen and oxygen atoms in total. The average Bonchev–Trinajstić information content (AvgIpc) is 2.75. The van der Waals surface area contributed by atoms with E-state index in [-0.39, 0.29) is 5.54 Å². The van der Waals surface area contributed by atoms with Crippen LogP contribution in [0.4, 0.5) is 0 Å². The molecule has 0 atom stereocenters. The smallest absolute Gasteiger partial charge is 0.148 e.